The second kappa shape index (κ2) is 9.75. The Kier molecular flexibility index (Phi) is 7.12. The van der Waals surface area contributed by atoms with Crippen LogP contribution in [0.3, 0.4) is 0 Å². The van der Waals surface area contributed by atoms with Crippen molar-refractivity contribution >= 4 is 40.3 Å². The fraction of sp³-hybridized carbons (Fsp3) is 0.273. The van der Waals surface area contributed by atoms with Crippen molar-refractivity contribution < 1.29 is 14.3 Å². The van der Waals surface area contributed by atoms with Crippen LogP contribution in [0.2, 0.25) is 0 Å². The number of thiocarbonyl (C=S) groups is 1. The quantitative estimate of drug-likeness (QED) is 0.343. The van der Waals surface area contributed by atoms with Gasteiger partial charge in [0.25, 0.3) is 5.91 Å². The normalized spacial score (nSPS) is 15.4. The fourth-order valence-corrected chi connectivity index (χ4v) is 4.12. The van der Waals surface area contributed by atoms with E-state index in [0.717, 1.165) is 29.0 Å². The highest BCUT2D eigenvalue weighted by Gasteiger charge is 2.30. The summed E-state index contributed by atoms with van der Waals surface area (Å²) in [5.74, 6) is 1.70. The smallest absolute Gasteiger partial charge is 0.266 e. The summed E-state index contributed by atoms with van der Waals surface area (Å²) in [5.41, 5.74) is 2.08. The average molecular weight is 414 g/mol. The molecule has 1 heterocycles. The number of ether oxygens (including phenoxy) is 2. The van der Waals surface area contributed by atoms with Gasteiger partial charge < -0.3 is 9.47 Å². The molecule has 146 valence electrons. The van der Waals surface area contributed by atoms with Gasteiger partial charge in [0.2, 0.25) is 0 Å². The van der Waals surface area contributed by atoms with Crippen molar-refractivity contribution in [1.82, 2.24) is 4.90 Å². The highest BCUT2D eigenvalue weighted by molar-refractivity contribution is 8.26. The van der Waals surface area contributed by atoms with Crippen LogP contribution in [0, 0.1) is 6.92 Å². The average Bonchev–Trinajstić information content (AvgIpc) is 2.96. The molecule has 0 aromatic heterocycles. The van der Waals surface area contributed by atoms with E-state index in [1.165, 1.54) is 11.8 Å². The number of benzene rings is 2. The molecule has 0 unspecified atom stereocenters. The first-order chi connectivity index (χ1) is 13.6. The molecule has 0 radical (unpaired) electrons. The zero-order valence-corrected chi connectivity index (χ0v) is 17.6. The molecule has 3 rings (SSSR count). The third-order valence-corrected chi connectivity index (χ3v) is 5.65. The van der Waals surface area contributed by atoms with Gasteiger partial charge in [0.15, 0.2) is 0 Å². The number of rotatable bonds is 8. The van der Waals surface area contributed by atoms with Crippen molar-refractivity contribution in [2.75, 3.05) is 19.8 Å². The Morgan fingerprint density at radius 1 is 1.07 bits per heavy atom. The zero-order chi connectivity index (χ0) is 19.9. The van der Waals surface area contributed by atoms with Crippen molar-refractivity contribution in [2.24, 2.45) is 0 Å². The van der Waals surface area contributed by atoms with Gasteiger partial charge in [0.1, 0.15) is 15.8 Å². The maximum absolute atomic E-state index is 12.3. The number of thioether (sulfide) groups is 1. The van der Waals surface area contributed by atoms with Crippen LogP contribution in [0.25, 0.3) is 6.08 Å². The maximum Gasteiger partial charge on any atom is 0.266 e. The number of para-hydroxylation sites is 1. The maximum atomic E-state index is 12.3. The lowest BCUT2D eigenvalue weighted by Crippen LogP contribution is -2.27. The molecule has 1 aliphatic heterocycles. The molecule has 1 aliphatic rings. The SMILES string of the molecule is CCN1C(=O)/C(=C/c2ccc(OCCCOc3ccccc3C)cc2)SC1=S. The highest BCUT2D eigenvalue weighted by atomic mass is 32.2. The van der Waals surface area contributed by atoms with E-state index in [9.17, 15) is 4.79 Å². The molecular formula is C22H23NO3S2. The van der Waals surface area contributed by atoms with Gasteiger partial charge in [-0.25, -0.2) is 0 Å². The van der Waals surface area contributed by atoms with Crippen LogP contribution in [-0.4, -0.2) is 34.9 Å². The van der Waals surface area contributed by atoms with Crippen molar-refractivity contribution in [3.8, 4) is 11.5 Å². The van der Waals surface area contributed by atoms with E-state index in [1.54, 1.807) is 4.90 Å². The second-order valence-corrected chi connectivity index (χ2v) is 7.99. The molecule has 28 heavy (non-hydrogen) atoms. The Hall–Kier alpha value is -2.31. The minimum Gasteiger partial charge on any atom is -0.493 e. The number of carbonyl (C=O) groups excluding carboxylic acids is 1. The predicted octanol–water partition coefficient (Wildman–Crippen LogP) is 5.06. The molecule has 6 heteroatoms. The Morgan fingerprint density at radius 3 is 2.46 bits per heavy atom. The summed E-state index contributed by atoms with van der Waals surface area (Å²) in [7, 11) is 0. The van der Waals surface area contributed by atoms with E-state index in [2.05, 4.69) is 0 Å². The van der Waals surface area contributed by atoms with Crippen LogP contribution in [0.15, 0.2) is 53.4 Å². The van der Waals surface area contributed by atoms with Gasteiger partial charge >= 0.3 is 0 Å². The Bertz CT molecular complexity index is 878. The number of carbonyl (C=O) groups is 1. The van der Waals surface area contributed by atoms with Crippen LogP contribution in [-0.2, 0) is 4.79 Å². The molecule has 0 bridgehead atoms. The summed E-state index contributed by atoms with van der Waals surface area (Å²) in [6, 6.07) is 15.7. The van der Waals surface area contributed by atoms with Crippen molar-refractivity contribution in [2.45, 2.75) is 20.3 Å². The first kappa shape index (κ1) is 20.4. The van der Waals surface area contributed by atoms with E-state index in [4.69, 9.17) is 21.7 Å². The van der Waals surface area contributed by atoms with Gasteiger partial charge in [-0.2, -0.15) is 0 Å². The standard InChI is InChI=1S/C22H23NO3S2/c1-3-23-21(24)20(28-22(23)27)15-17-9-11-18(12-10-17)25-13-6-14-26-19-8-5-4-7-16(19)2/h4-5,7-12,15H,3,6,13-14H2,1-2H3/b20-15-. The Balaban J connectivity index is 1.46. The number of nitrogens with zero attached hydrogens (tertiary/aromatic N) is 1. The largest absolute Gasteiger partial charge is 0.493 e. The minimum atomic E-state index is -0.0218. The third kappa shape index (κ3) is 5.14. The van der Waals surface area contributed by atoms with E-state index in [1.807, 2.05) is 68.5 Å². The van der Waals surface area contributed by atoms with Gasteiger partial charge in [-0.3, -0.25) is 9.69 Å². The van der Waals surface area contributed by atoms with Crippen molar-refractivity contribution in [3.05, 3.63) is 64.6 Å². The van der Waals surface area contributed by atoms with Gasteiger partial charge in [-0.15, -0.1) is 0 Å². The van der Waals surface area contributed by atoms with Crippen LogP contribution in [0.1, 0.15) is 24.5 Å². The summed E-state index contributed by atoms with van der Waals surface area (Å²) in [6.07, 6.45) is 2.67. The molecular weight excluding hydrogens is 390 g/mol. The van der Waals surface area contributed by atoms with Gasteiger partial charge in [-0.05, 0) is 49.2 Å². The fourth-order valence-electron chi connectivity index (χ4n) is 2.73. The summed E-state index contributed by atoms with van der Waals surface area (Å²) in [6.45, 7) is 5.75. The minimum absolute atomic E-state index is 0.0218. The molecule has 0 aliphatic carbocycles. The van der Waals surface area contributed by atoms with Gasteiger partial charge in [0.05, 0.1) is 18.1 Å². The molecule has 2 aromatic rings. The lowest BCUT2D eigenvalue weighted by molar-refractivity contribution is -0.121. The molecule has 1 amide bonds. The van der Waals surface area contributed by atoms with Crippen LogP contribution < -0.4 is 9.47 Å². The number of amides is 1. The van der Waals surface area contributed by atoms with Crippen LogP contribution in [0.5, 0.6) is 11.5 Å². The van der Waals surface area contributed by atoms with E-state index in [0.29, 0.717) is 29.0 Å². The van der Waals surface area contributed by atoms with Crippen molar-refractivity contribution in [1.29, 1.82) is 0 Å². The number of hydrogen-bond donors (Lipinski definition) is 0. The first-order valence-corrected chi connectivity index (χ1v) is 10.5. The van der Waals surface area contributed by atoms with Crippen LogP contribution in [0.4, 0.5) is 0 Å². The van der Waals surface area contributed by atoms with E-state index in [-0.39, 0.29) is 5.91 Å². The summed E-state index contributed by atoms with van der Waals surface area (Å²) < 4.78 is 12.2. The van der Waals surface area contributed by atoms with Crippen molar-refractivity contribution in [3.63, 3.8) is 0 Å². The van der Waals surface area contributed by atoms with Crippen LogP contribution >= 0.6 is 24.0 Å². The third-order valence-electron chi connectivity index (χ3n) is 4.28. The highest BCUT2D eigenvalue weighted by Crippen LogP contribution is 2.32. The summed E-state index contributed by atoms with van der Waals surface area (Å²) in [5, 5.41) is 0. The molecule has 0 spiro atoms. The van der Waals surface area contributed by atoms with Gasteiger partial charge in [-0.1, -0.05) is 54.3 Å². The molecule has 2 aromatic carbocycles. The summed E-state index contributed by atoms with van der Waals surface area (Å²) >= 11 is 6.58. The zero-order valence-electron chi connectivity index (χ0n) is 16.0. The Labute approximate surface area is 175 Å². The lowest BCUT2D eigenvalue weighted by Gasteiger charge is -2.10. The molecule has 4 nitrogen and oxygen atoms in total. The van der Waals surface area contributed by atoms with Gasteiger partial charge in [0, 0.05) is 13.0 Å². The summed E-state index contributed by atoms with van der Waals surface area (Å²) in [4.78, 5) is 14.5. The molecule has 0 saturated carbocycles. The van der Waals surface area contributed by atoms with E-state index < -0.39 is 0 Å². The number of likely N-dealkylation sites (N-methyl/N-ethyl adjacent to an activating group) is 1. The topological polar surface area (TPSA) is 38.8 Å². The Morgan fingerprint density at radius 2 is 1.79 bits per heavy atom. The number of aryl methyl sites for hydroxylation is 1. The number of hydrogen-bond acceptors (Lipinski definition) is 5. The monoisotopic (exact) mass is 413 g/mol. The molecule has 1 saturated heterocycles. The molecule has 1 fully saturated rings. The first-order valence-electron chi connectivity index (χ1n) is 9.25. The van der Waals surface area contributed by atoms with E-state index >= 15 is 0 Å². The molecule has 0 N–H and O–H groups in total. The lowest BCUT2D eigenvalue weighted by atomic mass is 10.2. The predicted molar refractivity (Wildman–Crippen MR) is 119 cm³/mol. The second-order valence-electron chi connectivity index (χ2n) is 6.31. The molecule has 0 atom stereocenters.